The van der Waals surface area contributed by atoms with Crippen molar-refractivity contribution in [1.82, 2.24) is 5.32 Å². The molecule has 88 valence electrons. The molecule has 2 fully saturated rings. The third-order valence-corrected chi connectivity index (χ3v) is 4.39. The van der Waals surface area contributed by atoms with Crippen LogP contribution in [0.5, 0.6) is 0 Å². The predicted octanol–water partition coefficient (Wildman–Crippen LogP) is 4.02. The van der Waals surface area contributed by atoms with E-state index >= 15 is 0 Å². The molecule has 1 heterocycles. The van der Waals surface area contributed by atoms with Crippen LogP contribution in [0.25, 0.3) is 0 Å². The number of nitrogens with one attached hydrogen (secondary N) is 1. The smallest absolute Gasteiger partial charge is 0.0181 e. The van der Waals surface area contributed by atoms with E-state index < -0.39 is 0 Å². The van der Waals surface area contributed by atoms with Crippen LogP contribution >= 0.6 is 0 Å². The summed E-state index contributed by atoms with van der Waals surface area (Å²) in [6.07, 6.45) is 17.5. The summed E-state index contributed by atoms with van der Waals surface area (Å²) in [5.41, 5.74) is 0.556. The summed E-state index contributed by atoms with van der Waals surface area (Å²) in [6, 6.07) is 0. The second-order valence-electron chi connectivity index (χ2n) is 5.64. The Morgan fingerprint density at radius 1 is 0.533 bits per heavy atom. The van der Waals surface area contributed by atoms with Crippen molar-refractivity contribution in [3.63, 3.8) is 0 Å². The van der Waals surface area contributed by atoms with Crippen LogP contribution in [0.2, 0.25) is 0 Å². The summed E-state index contributed by atoms with van der Waals surface area (Å²) in [5, 5.41) is 3.90. The Balaban J connectivity index is 1.92. The fourth-order valence-electron chi connectivity index (χ4n) is 3.39. The Morgan fingerprint density at radius 3 is 1.60 bits per heavy atom. The maximum absolute atomic E-state index is 3.90. The number of hydrogen-bond donors (Lipinski definition) is 1. The molecule has 1 saturated carbocycles. The van der Waals surface area contributed by atoms with Gasteiger partial charge in [0.15, 0.2) is 0 Å². The van der Waals surface area contributed by atoms with Gasteiger partial charge in [0.05, 0.1) is 0 Å². The summed E-state index contributed by atoms with van der Waals surface area (Å²) in [5.74, 6) is 0. The molecule has 0 aromatic carbocycles. The standard InChI is InChI=1S/C14H27N/c1-2-6-10-14(11-7-3-1)12-8-4-5-9-13-15-14/h15H,1-13H2. The van der Waals surface area contributed by atoms with Crippen LogP contribution in [-0.2, 0) is 0 Å². The molecule has 0 atom stereocenters. The molecule has 0 amide bonds. The van der Waals surface area contributed by atoms with E-state index in [0.29, 0.717) is 5.54 Å². The lowest BCUT2D eigenvalue weighted by Crippen LogP contribution is -2.46. The molecule has 1 spiro atoms. The van der Waals surface area contributed by atoms with E-state index in [0.717, 1.165) is 0 Å². The van der Waals surface area contributed by atoms with Gasteiger partial charge in [-0.3, -0.25) is 0 Å². The van der Waals surface area contributed by atoms with Gasteiger partial charge in [0.25, 0.3) is 0 Å². The van der Waals surface area contributed by atoms with E-state index in [9.17, 15) is 0 Å². The fraction of sp³-hybridized carbons (Fsp3) is 1.00. The Hall–Kier alpha value is -0.0400. The van der Waals surface area contributed by atoms with E-state index in [-0.39, 0.29) is 0 Å². The highest BCUT2D eigenvalue weighted by atomic mass is 15.0. The Labute approximate surface area is 95.0 Å². The minimum atomic E-state index is 0.556. The highest BCUT2D eigenvalue weighted by Gasteiger charge is 2.29. The molecule has 1 nitrogen and oxygen atoms in total. The largest absolute Gasteiger partial charge is 0.311 e. The van der Waals surface area contributed by atoms with Crippen LogP contribution in [0.3, 0.4) is 0 Å². The predicted molar refractivity (Wildman–Crippen MR) is 66.1 cm³/mol. The minimum absolute atomic E-state index is 0.556. The molecule has 2 rings (SSSR count). The fourth-order valence-corrected chi connectivity index (χ4v) is 3.39. The van der Waals surface area contributed by atoms with Gasteiger partial charge < -0.3 is 5.32 Å². The van der Waals surface area contributed by atoms with E-state index in [1.807, 2.05) is 0 Å². The molecule has 0 aromatic heterocycles. The van der Waals surface area contributed by atoms with Gasteiger partial charge in [-0.2, -0.15) is 0 Å². The van der Waals surface area contributed by atoms with Gasteiger partial charge in [0.2, 0.25) is 0 Å². The Morgan fingerprint density at radius 2 is 1.00 bits per heavy atom. The monoisotopic (exact) mass is 209 g/mol. The third-order valence-electron chi connectivity index (χ3n) is 4.39. The van der Waals surface area contributed by atoms with Gasteiger partial charge in [-0.05, 0) is 32.2 Å². The lowest BCUT2D eigenvalue weighted by atomic mass is 9.79. The molecule has 2 aliphatic rings. The topological polar surface area (TPSA) is 12.0 Å². The summed E-state index contributed by atoms with van der Waals surface area (Å²) in [7, 11) is 0. The maximum Gasteiger partial charge on any atom is 0.0181 e. The van der Waals surface area contributed by atoms with Crippen LogP contribution in [0.1, 0.15) is 77.0 Å². The van der Waals surface area contributed by atoms with Crippen molar-refractivity contribution in [1.29, 1.82) is 0 Å². The molecule has 15 heavy (non-hydrogen) atoms. The van der Waals surface area contributed by atoms with Gasteiger partial charge in [-0.25, -0.2) is 0 Å². The highest BCUT2D eigenvalue weighted by Crippen LogP contribution is 2.32. The second kappa shape index (κ2) is 5.89. The quantitative estimate of drug-likeness (QED) is 0.635. The number of hydrogen-bond acceptors (Lipinski definition) is 1. The SMILES string of the molecule is C1CCCC2(CCC1)CCCCCCN2. The highest BCUT2D eigenvalue weighted by molar-refractivity contribution is 4.89. The van der Waals surface area contributed by atoms with Crippen LogP contribution in [0, 0.1) is 0 Å². The summed E-state index contributed by atoms with van der Waals surface area (Å²) in [4.78, 5) is 0. The summed E-state index contributed by atoms with van der Waals surface area (Å²) < 4.78 is 0. The van der Waals surface area contributed by atoms with E-state index in [4.69, 9.17) is 0 Å². The van der Waals surface area contributed by atoms with Gasteiger partial charge in [0, 0.05) is 5.54 Å². The molecule has 0 bridgehead atoms. The first-order chi connectivity index (χ1) is 7.41. The lowest BCUT2D eigenvalue weighted by molar-refractivity contribution is 0.215. The van der Waals surface area contributed by atoms with E-state index in [1.54, 1.807) is 0 Å². The second-order valence-corrected chi connectivity index (χ2v) is 5.64. The van der Waals surface area contributed by atoms with Gasteiger partial charge >= 0.3 is 0 Å². The van der Waals surface area contributed by atoms with Crippen molar-refractivity contribution in [2.75, 3.05) is 6.54 Å². The Bertz CT molecular complexity index is 137. The molecular formula is C14H27N. The zero-order valence-electron chi connectivity index (χ0n) is 10.2. The minimum Gasteiger partial charge on any atom is -0.311 e. The first kappa shape index (κ1) is 11.4. The first-order valence-corrected chi connectivity index (χ1v) is 7.16. The van der Waals surface area contributed by atoms with Gasteiger partial charge in [-0.15, -0.1) is 0 Å². The van der Waals surface area contributed by atoms with Crippen molar-refractivity contribution in [2.24, 2.45) is 0 Å². The van der Waals surface area contributed by atoms with Crippen LogP contribution in [-0.4, -0.2) is 12.1 Å². The molecule has 1 aliphatic carbocycles. The van der Waals surface area contributed by atoms with Crippen molar-refractivity contribution >= 4 is 0 Å². The van der Waals surface area contributed by atoms with E-state index in [2.05, 4.69) is 5.32 Å². The average Bonchev–Trinajstić information content (AvgIpc) is 2.15. The molecule has 1 aliphatic heterocycles. The van der Waals surface area contributed by atoms with Crippen LogP contribution in [0.4, 0.5) is 0 Å². The first-order valence-electron chi connectivity index (χ1n) is 7.16. The maximum atomic E-state index is 3.90. The number of rotatable bonds is 0. The molecule has 1 heteroatoms. The van der Waals surface area contributed by atoms with Crippen LogP contribution in [0.15, 0.2) is 0 Å². The molecule has 0 radical (unpaired) electrons. The van der Waals surface area contributed by atoms with Crippen molar-refractivity contribution < 1.29 is 0 Å². The van der Waals surface area contributed by atoms with E-state index in [1.165, 1.54) is 83.6 Å². The molecular weight excluding hydrogens is 182 g/mol. The third kappa shape index (κ3) is 3.48. The molecule has 0 unspecified atom stereocenters. The lowest BCUT2D eigenvalue weighted by Gasteiger charge is -2.38. The van der Waals surface area contributed by atoms with Gasteiger partial charge in [0.1, 0.15) is 0 Å². The van der Waals surface area contributed by atoms with Crippen LogP contribution < -0.4 is 5.32 Å². The zero-order valence-corrected chi connectivity index (χ0v) is 10.2. The van der Waals surface area contributed by atoms with Crippen molar-refractivity contribution in [2.45, 2.75) is 82.6 Å². The van der Waals surface area contributed by atoms with Crippen molar-refractivity contribution in [3.05, 3.63) is 0 Å². The Kier molecular flexibility index (Phi) is 4.49. The summed E-state index contributed by atoms with van der Waals surface area (Å²) in [6.45, 7) is 1.28. The molecule has 1 saturated heterocycles. The normalized spacial score (nSPS) is 28.8. The average molecular weight is 209 g/mol. The molecule has 1 N–H and O–H groups in total. The van der Waals surface area contributed by atoms with Crippen molar-refractivity contribution in [3.8, 4) is 0 Å². The van der Waals surface area contributed by atoms with Gasteiger partial charge in [-0.1, -0.05) is 51.4 Å². The molecule has 0 aromatic rings. The zero-order chi connectivity index (χ0) is 10.4. The summed E-state index contributed by atoms with van der Waals surface area (Å²) >= 11 is 0.